The molecule has 0 unspecified atom stereocenters. The van der Waals surface area contributed by atoms with Crippen LogP contribution in [0.5, 0.6) is 0 Å². The topological polar surface area (TPSA) is 72.7 Å². The Morgan fingerprint density at radius 2 is 1.86 bits per heavy atom. The van der Waals surface area contributed by atoms with Crippen molar-refractivity contribution in [3.05, 3.63) is 78.2 Å². The second-order valence-corrected chi connectivity index (χ2v) is 7.32. The Hall–Kier alpha value is -3.19. The first-order valence-electron chi connectivity index (χ1n) is 8.90. The number of aromatic nitrogens is 4. The number of fused-ring (bicyclic) bond motifs is 1. The van der Waals surface area contributed by atoms with Gasteiger partial charge in [0.1, 0.15) is 11.4 Å². The number of nitrogens with one attached hydrogen (secondary N) is 1. The average molecular weight is 389 g/mol. The molecule has 1 amide bonds. The van der Waals surface area contributed by atoms with E-state index in [9.17, 15) is 4.79 Å². The molecule has 0 aliphatic heterocycles. The number of para-hydroxylation sites is 1. The summed E-state index contributed by atoms with van der Waals surface area (Å²) >= 11 is 1.39. The smallest absolute Gasteiger partial charge is 0.230 e. The van der Waals surface area contributed by atoms with Gasteiger partial charge >= 0.3 is 0 Å². The van der Waals surface area contributed by atoms with Gasteiger partial charge in [-0.3, -0.25) is 4.79 Å². The molecule has 28 heavy (non-hydrogen) atoms. The lowest BCUT2D eigenvalue weighted by Gasteiger charge is -2.06. The summed E-state index contributed by atoms with van der Waals surface area (Å²) in [7, 11) is 0. The van der Waals surface area contributed by atoms with Gasteiger partial charge in [0.15, 0.2) is 5.65 Å². The van der Waals surface area contributed by atoms with Crippen LogP contribution in [0, 0.1) is 6.92 Å². The maximum atomic E-state index is 12.2. The number of nitrogens with zero attached hydrogens (tertiary/aromatic N) is 4. The molecule has 4 rings (SSSR count). The monoisotopic (exact) mass is 389 g/mol. The third-order valence-corrected chi connectivity index (χ3v) is 5.29. The van der Waals surface area contributed by atoms with Crippen LogP contribution in [0.15, 0.2) is 72.1 Å². The van der Waals surface area contributed by atoms with E-state index in [1.165, 1.54) is 23.7 Å². The van der Waals surface area contributed by atoms with Crippen LogP contribution in [0.25, 0.3) is 16.7 Å². The molecular weight excluding hydrogens is 370 g/mol. The zero-order valence-corrected chi connectivity index (χ0v) is 16.2. The van der Waals surface area contributed by atoms with Gasteiger partial charge in [0.2, 0.25) is 5.91 Å². The predicted molar refractivity (Wildman–Crippen MR) is 110 cm³/mol. The normalized spacial score (nSPS) is 10.9. The molecule has 2 heterocycles. The number of amides is 1. The highest BCUT2D eigenvalue weighted by molar-refractivity contribution is 8.00. The van der Waals surface area contributed by atoms with E-state index in [1.54, 1.807) is 10.9 Å². The van der Waals surface area contributed by atoms with E-state index in [2.05, 4.69) is 20.4 Å². The maximum absolute atomic E-state index is 12.2. The second kappa shape index (κ2) is 8.22. The molecule has 6 nitrogen and oxygen atoms in total. The van der Waals surface area contributed by atoms with Crippen molar-refractivity contribution in [2.45, 2.75) is 18.5 Å². The first kappa shape index (κ1) is 18.2. The van der Waals surface area contributed by atoms with Crippen molar-refractivity contribution in [3.63, 3.8) is 0 Å². The summed E-state index contributed by atoms with van der Waals surface area (Å²) in [5.74, 6) is 0.252. The van der Waals surface area contributed by atoms with E-state index >= 15 is 0 Å². The van der Waals surface area contributed by atoms with Crippen LogP contribution in [0.2, 0.25) is 0 Å². The van der Waals surface area contributed by atoms with Gasteiger partial charge in [0.25, 0.3) is 0 Å². The first-order chi connectivity index (χ1) is 13.7. The van der Waals surface area contributed by atoms with E-state index in [-0.39, 0.29) is 11.7 Å². The number of aryl methyl sites for hydroxylation is 1. The van der Waals surface area contributed by atoms with E-state index in [1.807, 2.05) is 61.5 Å². The summed E-state index contributed by atoms with van der Waals surface area (Å²) in [6, 6.07) is 17.9. The summed E-state index contributed by atoms with van der Waals surface area (Å²) in [6.45, 7) is 2.56. The van der Waals surface area contributed by atoms with Gasteiger partial charge in [0, 0.05) is 6.54 Å². The van der Waals surface area contributed by atoms with Crippen LogP contribution < -0.4 is 5.32 Å². The Morgan fingerprint density at radius 1 is 1.07 bits per heavy atom. The highest BCUT2D eigenvalue weighted by Gasteiger charge is 2.12. The van der Waals surface area contributed by atoms with Crippen LogP contribution in [-0.4, -0.2) is 31.4 Å². The lowest BCUT2D eigenvalue weighted by Crippen LogP contribution is -2.24. The molecule has 0 atom stereocenters. The predicted octanol–water partition coefficient (Wildman–Crippen LogP) is 3.53. The van der Waals surface area contributed by atoms with E-state index in [4.69, 9.17) is 0 Å². The fourth-order valence-corrected chi connectivity index (χ4v) is 3.58. The molecule has 2 aromatic carbocycles. The minimum Gasteiger partial charge on any atom is -0.351 e. The van der Waals surface area contributed by atoms with Gasteiger partial charge in [-0.1, -0.05) is 59.8 Å². The number of carbonyl (C=O) groups excluding carboxylic acids is 1. The van der Waals surface area contributed by atoms with Gasteiger partial charge in [-0.2, -0.15) is 5.10 Å². The SMILES string of the molecule is Cc1ccc(CNC(=O)CSc2ncnc3c2cnn3-c2ccccc2)cc1. The van der Waals surface area contributed by atoms with E-state index < -0.39 is 0 Å². The average Bonchev–Trinajstić information content (AvgIpc) is 3.17. The van der Waals surface area contributed by atoms with Gasteiger partial charge in [-0.15, -0.1) is 0 Å². The van der Waals surface area contributed by atoms with Crippen LogP contribution in [0.3, 0.4) is 0 Å². The summed E-state index contributed by atoms with van der Waals surface area (Å²) < 4.78 is 1.78. The van der Waals surface area contributed by atoms with E-state index in [0.717, 1.165) is 27.3 Å². The van der Waals surface area contributed by atoms with Gasteiger partial charge in [0.05, 0.1) is 23.0 Å². The largest absolute Gasteiger partial charge is 0.351 e. The Labute approximate surface area is 167 Å². The Bertz CT molecular complexity index is 1090. The van der Waals surface area contributed by atoms with Crippen LogP contribution in [0.4, 0.5) is 0 Å². The molecule has 0 saturated carbocycles. The quantitative estimate of drug-likeness (QED) is 0.403. The number of hydrogen-bond acceptors (Lipinski definition) is 5. The number of hydrogen-bond donors (Lipinski definition) is 1. The molecule has 0 aliphatic carbocycles. The molecule has 0 fully saturated rings. The summed E-state index contributed by atoms with van der Waals surface area (Å²) in [5, 5.41) is 8.96. The standard InChI is InChI=1S/C21H19N5OS/c1-15-7-9-16(10-8-15)11-22-19(27)13-28-21-18-12-25-26(20(18)23-14-24-21)17-5-3-2-4-6-17/h2-10,12,14H,11,13H2,1H3,(H,22,27). The molecule has 4 aromatic rings. The van der Waals surface area contributed by atoms with Crippen molar-refractivity contribution in [1.29, 1.82) is 0 Å². The van der Waals surface area contributed by atoms with Crippen molar-refractivity contribution < 1.29 is 4.79 Å². The van der Waals surface area contributed by atoms with Crippen molar-refractivity contribution in [2.75, 3.05) is 5.75 Å². The molecule has 1 N–H and O–H groups in total. The Balaban J connectivity index is 1.43. The first-order valence-corrected chi connectivity index (χ1v) is 9.88. The summed E-state index contributed by atoms with van der Waals surface area (Å²) in [6.07, 6.45) is 3.25. The van der Waals surface area contributed by atoms with Crippen molar-refractivity contribution in [1.82, 2.24) is 25.1 Å². The zero-order chi connectivity index (χ0) is 19.3. The van der Waals surface area contributed by atoms with E-state index in [0.29, 0.717) is 6.54 Å². The highest BCUT2D eigenvalue weighted by Crippen LogP contribution is 2.25. The maximum Gasteiger partial charge on any atom is 0.230 e. The van der Waals surface area contributed by atoms with Crippen molar-refractivity contribution in [3.8, 4) is 5.69 Å². The number of thioether (sulfide) groups is 1. The van der Waals surface area contributed by atoms with Gasteiger partial charge in [-0.25, -0.2) is 14.6 Å². The number of benzene rings is 2. The van der Waals surface area contributed by atoms with Crippen LogP contribution in [0.1, 0.15) is 11.1 Å². The second-order valence-electron chi connectivity index (χ2n) is 6.36. The Kier molecular flexibility index (Phi) is 5.34. The molecule has 0 aliphatic rings. The Morgan fingerprint density at radius 3 is 2.64 bits per heavy atom. The number of carbonyl (C=O) groups is 1. The fourth-order valence-electron chi connectivity index (χ4n) is 2.79. The molecule has 7 heteroatoms. The highest BCUT2D eigenvalue weighted by atomic mass is 32.2. The van der Waals surface area contributed by atoms with Gasteiger partial charge < -0.3 is 5.32 Å². The molecule has 0 bridgehead atoms. The molecule has 140 valence electrons. The molecular formula is C21H19N5OS. The minimum absolute atomic E-state index is 0.0345. The van der Waals surface area contributed by atoms with Crippen LogP contribution in [-0.2, 0) is 11.3 Å². The molecule has 0 spiro atoms. The summed E-state index contributed by atoms with van der Waals surface area (Å²) in [4.78, 5) is 20.9. The molecule has 0 saturated heterocycles. The van der Waals surface area contributed by atoms with Crippen LogP contribution >= 0.6 is 11.8 Å². The lowest BCUT2D eigenvalue weighted by atomic mass is 10.1. The van der Waals surface area contributed by atoms with Crippen molar-refractivity contribution >= 4 is 28.7 Å². The van der Waals surface area contributed by atoms with Gasteiger partial charge in [-0.05, 0) is 24.6 Å². The summed E-state index contributed by atoms with van der Waals surface area (Å²) in [5.41, 5.74) is 3.94. The molecule has 0 radical (unpaired) electrons. The van der Waals surface area contributed by atoms with Crippen molar-refractivity contribution in [2.24, 2.45) is 0 Å². The number of rotatable bonds is 6. The minimum atomic E-state index is -0.0345. The zero-order valence-electron chi connectivity index (χ0n) is 15.4. The lowest BCUT2D eigenvalue weighted by molar-refractivity contribution is -0.118. The third kappa shape index (κ3) is 4.04. The fraction of sp³-hybridized carbons (Fsp3) is 0.143. The molecule has 2 aromatic heterocycles. The third-order valence-electron chi connectivity index (χ3n) is 4.28.